The van der Waals surface area contributed by atoms with Crippen molar-refractivity contribution in [3.8, 4) is 0 Å². The second-order valence-electron chi connectivity index (χ2n) is 17.4. The van der Waals surface area contributed by atoms with Crippen molar-refractivity contribution >= 4 is 5.91 Å². The van der Waals surface area contributed by atoms with E-state index in [9.17, 15) is 15.0 Å². The van der Waals surface area contributed by atoms with Crippen LogP contribution >= 0.6 is 0 Å². The van der Waals surface area contributed by atoms with Crippen molar-refractivity contribution in [2.24, 2.45) is 50.2 Å². The standard InChI is InChI=1S/C36H60N2O3/c1-31(2)15-17-36(30(41)37-19-22-38-20-7-8-21-38)18-16-34(5)25(26(36)23-31)9-10-28-32(3)13-12-29(40)33(4,24-39)27(32)11-14-35(28,34)6/h9,26-29,39-40H,7-8,10-24H2,1-6H3,(H,37,41)/t26-,27+,28+,29-,32-,33-,34+,35+,36-/m0/s1. The number of nitrogens with zero attached hydrogens (tertiary/aromatic N) is 1. The molecule has 9 atom stereocenters. The molecule has 0 aromatic carbocycles. The molecular formula is C36H60N2O3. The third-order valence-electron chi connectivity index (χ3n) is 15.1. The van der Waals surface area contributed by atoms with Crippen LogP contribution in [-0.4, -0.2) is 59.9 Å². The summed E-state index contributed by atoms with van der Waals surface area (Å²) in [6.45, 7) is 18.9. The largest absolute Gasteiger partial charge is 0.396 e. The third-order valence-corrected chi connectivity index (χ3v) is 15.1. The Morgan fingerprint density at radius 2 is 1.66 bits per heavy atom. The van der Waals surface area contributed by atoms with Crippen molar-refractivity contribution in [2.75, 3.05) is 32.8 Å². The molecule has 0 bridgehead atoms. The number of amides is 1. The predicted molar refractivity (Wildman–Crippen MR) is 165 cm³/mol. The SMILES string of the molecule is CC1(C)CC[C@]2(C(=O)NCCN3CCCC3)CC[C@]3(C)C(=CC[C@@H]4[C@@]5(C)CC[C@H](O)[C@@](C)(CO)[C@@H]5CC[C@]43C)[C@@H]2C1. The zero-order valence-electron chi connectivity index (χ0n) is 27.2. The van der Waals surface area contributed by atoms with Gasteiger partial charge in [0.1, 0.15) is 0 Å². The normalized spacial score (nSPS) is 49.2. The van der Waals surface area contributed by atoms with E-state index in [0.29, 0.717) is 23.7 Å². The zero-order valence-corrected chi connectivity index (χ0v) is 27.2. The number of likely N-dealkylation sites (tertiary alicyclic amines) is 1. The van der Waals surface area contributed by atoms with E-state index in [1.54, 1.807) is 5.57 Å². The lowest BCUT2D eigenvalue weighted by molar-refractivity contribution is -0.215. The Morgan fingerprint density at radius 3 is 2.37 bits per heavy atom. The molecule has 1 saturated heterocycles. The maximum absolute atomic E-state index is 14.3. The highest BCUT2D eigenvalue weighted by atomic mass is 16.3. The summed E-state index contributed by atoms with van der Waals surface area (Å²) in [4.78, 5) is 16.8. The molecule has 6 rings (SSSR count). The number of aliphatic hydroxyl groups is 2. The molecule has 4 saturated carbocycles. The van der Waals surface area contributed by atoms with Crippen LogP contribution in [0, 0.1) is 50.2 Å². The first-order valence-corrected chi connectivity index (χ1v) is 17.3. The van der Waals surface area contributed by atoms with Crippen LogP contribution in [0.3, 0.4) is 0 Å². The lowest BCUT2D eigenvalue weighted by atomic mass is 9.33. The van der Waals surface area contributed by atoms with Crippen LogP contribution in [0.2, 0.25) is 0 Å². The van der Waals surface area contributed by atoms with Crippen molar-refractivity contribution in [1.29, 1.82) is 0 Å². The summed E-state index contributed by atoms with van der Waals surface area (Å²) in [6.07, 6.45) is 15.3. The predicted octanol–water partition coefficient (Wildman–Crippen LogP) is 6.33. The van der Waals surface area contributed by atoms with Crippen LogP contribution in [0.4, 0.5) is 0 Å². The van der Waals surface area contributed by atoms with Crippen LogP contribution in [0.15, 0.2) is 11.6 Å². The first kappa shape index (κ1) is 30.1. The van der Waals surface area contributed by atoms with Crippen LogP contribution < -0.4 is 5.32 Å². The highest BCUT2D eigenvalue weighted by Crippen LogP contribution is 2.75. The summed E-state index contributed by atoms with van der Waals surface area (Å²) < 4.78 is 0. The molecule has 0 aromatic heterocycles. The molecule has 5 heteroatoms. The van der Waals surface area contributed by atoms with Gasteiger partial charge in [0.05, 0.1) is 18.1 Å². The molecule has 0 unspecified atom stereocenters. The lowest BCUT2D eigenvalue weighted by Gasteiger charge is -2.71. The maximum atomic E-state index is 14.3. The number of allylic oxidation sites excluding steroid dienone is 2. The highest BCUT2D eigenvalue weighted by Gasteiger charge is 2.69. The summed E-state index contributed by atoms with van der Waals surface area (Å²) in [7, 11) is 0. The van der Waals surface area contributed by atoms with Gasteiger partial charge in [0.25, 0.3) is 0 Å². The molecule has 1 aliphatic heterocycles. The van der Waals surface area contributed by atoms with Gasteiger partial charge in [-0.1, -0.05) is 53.2 Å². The number of carbonyl (C=O) groups is 1. The van der Waals surface area contributed by atoms with Crippen molar-refractivity contribution in [3.05, 3.63) is 11.6 Å². The van der Waals surface area contributed by atoms with Crippen molar-refractivity contribution < 1.29 is 15.0 Å². The molecule has 41 heavy (non-hydrogen) atoms. The van der Waals surface area contributed by atoms with Crippen LogP contribution in [0.1, 0.15) is 119 Å². The Balaban J connectivity index is 1.32. The molecule has 1 heterocycles. The molecule has 6 aliphatic rings. The van der Waals surface area contributed by atoms with Gasteiger partial charge in [-0.15, -0.1) is 0 Å². The molecule has 0 spiro atoms. The Morgan fingerprint density at radius 1 is 0.951 bits per heavy atom. The smallest absolute Gasteiger partial charge is 0.226 e. The topological polar surface area (TPSA) is 72.8 Å². The molecule has 5 fully saturated rings. The van der Waals surface area contributed by atoms with E-state index in [2.05, 4.69) is 57.8 Å². The van der Waals surface area contributed by atoms with Gasteiger partial charge in [0.2, 0.25) is 5.91 Å². The Kier molecular flexibility index (Phi) is 7.39. The minimum Gasteiger partial charge on any atom is -0.396 e. The van der Waals surface area contributed by atoms with Gasteiger partial charge < -0.3 is 20.4 Å². The number of aliphatic hydroxyl groups excluding tert-OH is 2. The minimum absolute atomic E-state index is 0.0722. The van der Waals surface area contributed by atoms with Crippen molar-refractivity contribution in [1.82, 2.24) is 10.2 Å². The first-order valence-electron chi connectivity index (χ1n) is 17.3. The molecule has 0 radical (unpaired) electrons. The van der Waals surface area contributed by atoms with Gasteiger partial charge in [-0.3, -0.25) is 4.79 Å². The van der Waals surface area contributed by atoms with Crippen LogP contribution in [0.5, 0.6) is 0 Å². The lowest BCUT2D eigenvalue weighted by Crippen LogP contribution is -2.66. The van der Waals surface area contributed by atoms with Crippen LogP contribution in [0.25, 0.3) is 0 Å². The summed E-state index contributed by atoms with van der Waals surface area (Å²) in [5.74, 6) is 1.55. The van der Waals surface area contributed by atoms with Crippen molar-refractivity contribution in [3.63, 3.8) is 0 Å². The third kappa shape index (κ3) is 4.28. The van der Waals surface area contributed by atoms with E-state index < -0.39 is 11.5 Å². The van der Waals surface area contributed by atoms with Gasteiger partial charge >= 0.3 is 0 Å². The summed E-state index contributed by atoms with van der Waals surface area (Å²) in [6, 6.07) is 0. The van der Waals surface area contributed by atoms with Gasteiger partial charge in [-0.05, 0) is 130 Å². The molecule has 232 valence electrons. The second-order valence-corrected chi connectivity index (χ2v) is 17.4. The van der Waals surface area contributed by atoms with E-state index in [1.165, 1.54) is 25.9 Å². The number of hydrogen-bond donors (Lipinski definition) is 3. The zero-order chi connectivity index (χ0) is 29.5. The number of rotatable bonds is 5. The molecular weight excluding hydrogens is 508 g/mol. The Hall–Kier alpha value is -0.910. The number of carbonyl (C=O) groups excluding carboxylic acids is 1. The second kappa shape index (κ2) is 10.1. The maximum Gasteiger partial charge on any atom is 0.226 e. The first-order chi connectivity index (χ1) is 19.3. The average molecular weight is 569 g/mol. The van der Waals surface area contributed by atoms with E-state index in [4.69, 9.17) is 0 Å². The van der Waals surface area contributed by atoms with Gasteiger partial charge in [0, 0.05) is 18.5 Å². The summed E-state index contributed by atoms with van der Waals surface area (Å²) in [5, 5.41) is 25.1. The summed E-state index contributed by atoms with van der Waals surface area (Å²) in [5.41, 5.74) is 1.57. The fraction of sp³-hybridized carbons (Fsp3) is 0.917. The number of nitrogens with one attached hydrogen (secondary N) is 1. The fourth-order valence-electron chi connectivity index (χ4n) is 12.2. The van der Waals surface area contributed by atoms with Crippen LogP contribution in [-0.2, 0) is 4.79 Å². The Bertz CT molecular complexity index is 1070. The quantitative estimate of drug-likeness (QED) is 0.339. The number of hydrogen-bond acceptors (Lipinski definition) is 4. The molecule has 3 N–H and O–H groups in total. The average Bonchev–Trinajstić information content (AvgIpc) is 3.44. The molecule has 5 nitrogen and oxygen atoms in total. The van der Waals surface area contributed by atoms with Gasteiger partial charge in [-0.25, -0.2) is 0 Å². The molecule has 1 amide bonds. The van der Waals surface area contributed by atoms with E-state index in [1.807, 2.05) is 0 Å². The monoisotopic (exact) mass is 568 g/mol. The highest BCUT2D eigenvalue weighted by molar-refractivity contribution is 5.84. The molecule has 0 aromatic rings. The minimum atomic E-state index is -0.415. The van der Waals surface area contributed by atoms with E-state index >= 15 is 0 Å². The van der Waals surface area contributed by atoms with E-state index in [-0.39, 0.29) is 33.7 Å². The molecule has 5 aliphatic carbocycles. The van der Waals surface area contributed by atoms with Gasteiger partial charge in [-0.2, -0.15) is 0 Å². The van der Waals surface area contributed by atoms with E-state index in [0.717, 1.165) is 77.3 Å². The number of fused-ring (bicyclic) bond motifs is 7. The van der Waals surface area contributed by atoms with Crippen molar-refractivity contribution in [2.45, 2.75) is 125 Å². The fourth-order valence-corrected chi connectivity index (χ4v) is 12.2. The Labute approximate surface area is 250 Å². The summed E-state index contributed by atoms with van der Waals surface area (Å²) >= 11 is 0. The van der Waals surface area contributed by atoms with Gasteiger partial charge in [0.15, 0.2) is 0 Å².